The van der Waals surface area contributed by atoms with Crippen LogP contribution in [0.3, 0.4) is 0 Å². The van der Waals surface area contributed by atoms with Gasteiger partial charge in [-0.25, -0.2) is 0 Å². The van der Waals surface area contributed by atoms with Gasteiger partial charge in [0.1, 0.15) is 0 Å². The van der Waals surface area contributed by atoms with E-state index >= 15 is 0 Å². The summed E-state index contributed by atoms with van der Waals surface area (Å²) < 4.78 is 0. The molecule has 2 aliphatic rings. The lowest BCUT2D eigenvalue weighted by molar-refractivity contribution is -0.119. The van der Waals surface area contributed by atoms with E-state index in [9.17, 15) is 9.59 Å². The summed E-state index contributed by atoms with van der Waals surface area (Å²) in [4.78, 5) is 24.2. The molecule has 0 unspecified atom stereocenters. The van der Waals surface area contributed by atoms with Gasteiger partial charge in [-0.05, 0) is 29.7 Å². The van der Waals surface area contributed by atoms with Gasteiger partial charge in [0.25, 0.3) is 0 Å². The standard InChI is InChI=1S/C18H21NO2/c1-11(16-14(20)10-13-17(16)18(13,2)3)19-15(21)9-12-7-5-4-6-8-12/h4-8,13,17H,9-10H2,1-3H3,(H,19,21)/b16-11+/t13-,17-/m1/s1. The second-order valence-corrected chi connectivity index (χ2v) is 6.78. The van der Waals surface area contributed by atoms with Crippen molar-refractivity contribution in [3.63, 3.8) is 0 Å². The minimum Gasteiger partial charge on any atom is -0.329 e. The third-order valence-electron chi connectivity index (χ3n) is 5.01. The average Bonchev–Trinajstić information content (AvgIpc) is 2.79. The van der Waals surface area contributed by atoms with Crippen molar-refractivity contribution in [3.8, 4) is 0 Å². The number of nitrogens with one attached hydrogen (secondary N) is 1. The van der Waals surface area contributed by atoms with Crippen LogP contribution in [0.4, 0.5) is 0 Å². The van der Waals surface area contributed by atoms with Gasteiger partial charge >= 0.3 is 0 Å². The second-order valence-electron chi connectivity index (χ2n) is 6.78. The fraction of sp³-hybridized carbons (Fsp3) is 0.444. The Morgan fingerprint density at radius 2 is 1.95 bits per heavy atom. The van der Waals surface area contributed by atoms with Crippen LogP contribution in [0.5, 0.6) is 0 Å². The largest absolute Gasteiger partial charge is 0.329 e. The topological polar surface area (TPSA) is 46.2 Å². The Balaban J connectivity index is 1.71. The SMILES string of the molecule is C/C(NC(=O)Cc1ccccc1)=C1/C(=O)C[C@@H]2[C@H]1C2(C)C. The van der Waals surface area contributed by atoms with Crippen molar-refractivity contribution in [2.45, 2.75) is 33.6 Å². The summed E-state index contributed by atoms with van der Waals surface area (Å²) in [6, 6.07) is 9.64. The lowest BCUT2D eigenvalue weighted by atomic mass is 9.95. The van der Waals surface area contributed by atoms with Gasteiger partial charge in [-0.15, -0.1) is 0 Å². The molecule has 0 aliphatic heterocycles. The molecule has 1 aromatic carbocycles. The Morgan fingerprint density at radius 1 is 1.29 bits per heavy atom. The van der Waals surface area contributed by atoms with Crippen molar-refractivity contribution >= 4 is 11.7 Å². The molecule has 0 bridgehead atoms. The number of Topliss-reactive ketones (excluding diaryl/α,β-unsaturated/α-hetero) is 1. The number of carbonyl (C=O) groups excluding carboxylic acids is 2. The first-order valence-corrected chi connectivity index (χ1v) is 7.49. The molecule has 0 aromatic heterocycles. The molecule has 110 valence electrons. The van der Waals surface area contributed by atoms with Crippen molar-refractivity contribution in [2.75, 3.05) is 0 Å². The highest BCUT2D eigenvalue weighted by atomic mass is 16.1. The van der Waals surface area contributed by atoms with Gasteiger partial charge < -0.3 is 5.32 Å². The van der Waals surface area contributed by atoms with E-state index in [-0.39, 0.29) is 17.1 Å². The van der Waals surface area contributed by atoms with Gasteiger partial charge in [-0.1, -0.05) is 44.2 Å². The highest BCUT2D eigenvalue weighted by Crippen LogP contribution is 2.68. The first-order valence-electron chi connectivity index (χ1n) is 7.49. The summed E-state index contributed by atoms with van der Waals surface area (Å²) in [6.45, 7) is 6.26. The van der Waals surface area contributed by atoms with E-state index in [2.05, 4.69) is 19.2 Å². The van der Waals surface area contributed by atoms with Crippen LogP contribution >= 0.6 is 0 Å². The highest BCUT2D eigenvalue weighted by molar-refractivity contribution is 6.01. The molecule has 0 saturated heterocycles. The van der Waals surface area contributed by atoms with E-state index in [0.29, 0.717) is 24.7 Å². The van der Waals surface area contributed by atoms with Crippen LogP contribution in [0.15, 0.2) is 41.6 Å². The summed E-state index contributed by atoms with van der Waals surface area (Å²) in [5.74, 6) is 0.964. The number of ketones is 1. The maximum Gasteiger partial charge on any atom is 0.228 e. The maximum absolute atomic E-state index is 12.1. The summed E-state index contributed by atoms with van der Waals surface area (Å²) >= 11 is 0. The Morgan fingerprint density at radius 3 is 2.57 bits per heavy atom. The second kappa shape index (κ2) is 4.83. The number of carbonyl (C=O) groups is 2. The van der Waals surface area contributed by atoms with Gasteiger partial charge in [0.2, 0.25) is 5.91 Å². The Kier molecular flexibility index (Phi) is 3.23. The summed E-state index contributed by atoms with van der Waals surface area (Å²) in [6.07, 6.45) is 0.982. The molecular weight excluding hydrogens is 262 g/mol. The molecule has 21 heavy (non-hydrogen) atoms. The van der Waals surface area contributed by atoms with Crippen LogP contribution in [-0.4, -0.2) is 11.7 Å². The van der Waals surface area contributed by atoms with E-state index in [1.54, 1.807) is 0 Å². The Bertz CT molecular complexity index is 628. The average molecular weight is 283 g/mol. The zero-order valence-corrected chi connectivity index (χ0v) is 12.8. The van der Waals surface area contributed by atoms with Crippen LogP contribution in [0.2, 0.25) is 0 Å². The van der Waals surface area contributed by atoms with Crippen LogP contribution in [0, 0.1) is 17.3 Å². The first kappa shape index (κ1) is 14.1. The fourth-order valence-electron chi connectivity index (χ4n) is 3.73. The zero-order chi connectivity index (χ0) is 15.2. The molecule has 0 radical (unpaired) electrons. The normalized spacial score (nSPS) is 28.0. The van der Waals surface area contributed by atoms with Crippen LogP contribution in [-0.2, 0) is 16.0 Å². The third-order valence-corrected chi connectivity index (χ3v) is 5.01. The van der Waals surface area contributed by atoms with E-state index in [0.717, 1.165) is 16.8 Å². The third kappa shape index (κ3) is 2.41. The number of hydrogen-bond donors (Lipinski definition) is 1. The first-order chi connectivity index (χ1) is 9.91. The molecule has 3 rings (SSSR count). The number of amides is 1. The predicted octanol–water partition coefficient (Wildman–Crippen LogP) is 2.86. The molecule has 2 saturated carbocycles. The van der Waals surface area contributed by atoms with Crippen LogP contribution < -0.4 is 5.32 Å². The molecular formula is C18H21NO2. The van der Waals surface area contributed by atoms with E-state index in [1.807, 2.05) is 37.3 Å². The number of rotatable bonds is 3. The Hall–Kier alpha value is -1.90. The van der Waals surface area contributed by atoms with Crippen molar-refractivity contribution in [1.82, 2.24) is 5.32 Å². The van der Waals surface area contributed by atoms with Crippen molar-refractivity contribution in [1.29, 1.82) is 0 Å². The molecule has 1 aromatic rings. The predicted molar refractivity (Wildman–Crippen MR) is 81.4 cm³/mol. The molecule has 3 heteroatoms. The quantitative estimate of drug-likeness (QED) is 0.867. The zero-order valence-electron chi connectivity index (χ0n) is 12.8. The Labute approximate surface area is 125 Å². The molecule has 0 heterocycles. The lowest BCUT2D eigenvalue weighted by Gasteiger charge is -2.13. The van der Waals surface area contributed by atoms with E-state index in [4.69, 9.17) is 0 Å². The van der Waals surface area contributed by atoms with Crippen LogP contribution in [0.1, 0.15) is 32.8 Å². The van der Waals surface area contributed by atoms with Crippen molar-refractivity contribution in [3.05, 3.63) is 47.2 Å². The van der Waals surface area contributed by atoms with Gasteiger partial charge in [0.05, 0.1) is 6.42 Å². The molecule has 2 fully saturated rings. The lowest BCUT2D eigenvalue weighted by Crippen LogP contribution is -2.26. The van der Waals surface area contributed by atoms with E-state index in [1.165, 1.54) is 0 Å². The number of hydrogen-bond acceptors (Lipinski definition) is 2. The smallest absolute Gasteiger partial charge is 0.228 e. The molecule has 1 N–H and O–H groups in total. The highest BCUT2D eigenvalue weighted by Gasteiger charge is 2.65. The maximum atomic E-state index is 12.1. The number of benzene rings is 1. The minimum atomic E-state index is -0.0547. The van der Waals surface area contributed by atoms with Crippen LogP contribution in [0.25, 0.3) is 0 Å². The number of fused-ring (bicyclic) bond motifs is 1. The monoisotopic (exact) mass is 283 g/mol. The summed E-state index contributed by atoms with van der Waals surface area (Å²) in [5, 5.41) is 2.92. The van der Waals surface area contributed by atoms with E-state index < -0.39 is 0 Å². The van der Waals surface area contributed by atoms with Gasteiger partial charge in [0, 0.05) is 17.7 Å². The van der Waals surface area contributed by atoms with Gasteiger partial charge in [-0.2, -0.15) is 0 Å². The molecule has 0 spiro atoms. The van der Waals surface area contributed by atoms with Gasteiger partial charge in [0.15, 0.2) is 5.78 Å². The summed E-state index contributed by atoms with van der Waals surface area (Å²) in [7, 11) is 0. The molecule has 3 nitrogen and oxygen atoms in total. The summed E-state index contributed by atoms with van der Waals surface area (Å²) in [5.41, 5.74) is 2.80. The molecule has 2 atom stereocenters. The molecule has 2 aliphatic carbocycles. The van der Waals surface area contributed by atoms with Crippen molar-refractivity contribution in [2.24, 2.45) is 17.3 Å². The molecule has 1 amide bonds. The minimum absolute atomic E-state index is 0.0547. The number of allylic oxidation sites excluding steroid dienone is 2. The fourth-order valence-corrected chi connectivity index (χ4v) is 3.73. The van der Waals surface area contributed by atoms with Gasteiger partial charge in [-0.3, -0.25) is 9.59 Å². The van der Waals surface area contributed by atoms with Crippen molar-refractivity contribution < 1.29 is 9.59 Å².